The van der Waals surface area contributed by atoms with Crippen molar-refractivity contribution in [2.75, 3.05) is 24.5 Å². The van der Waals surface area contributed by atoms with Crippen LogP contribution in [0.3, 0.4) is 0 Å². The number of para-hydroxylation sites is 1. The number of rotatable bonds is 7. The van der Waals surface area contributed by atoms with Gasteiger partial charge in [-0.25, -0.2) is 0 Å². The van der Waals surface area contributed by atoms with Gasteiger partial charge in [0, 0.05) is 25.3 Å². The predicted octanol–water partition coefficient (Wildman–Crippen LogP) is 1.45. The Hall–Kier alpha value is -2.37. The van der Waals surface area contributed by atoms with Crippen molar-refractivity contribution in [2.24, 2.45) is 0 Å². The van der Waals surface area contributed by atoms with Crippen molar-refractivity contribution in [2.45, 2.75) is 13.3 Å². The maximum atomic E-state index is 11.6. The SMILES string of the molecule is CCN(CCCNC(=O)c1cn[nH]n1)c1ccccc1. The minimum absolute atomic E-state index is 0.193. The summed E-state index contributed by atoms with van der Waals surface area (Å²) in [4.78, 5) is 13.9. The second kappa shape index (κ2) is 7.28. The van der Waals surface area contributed by atoms with Crippen LogP contribution in [0.15, 0.2) is 36.5 Å². The van der Waals surface area contributed by atoms with Gasteiger partial charge in [-0.3, -0.25) is 4.79 Å². The molecule has 0 saturated heterocycles. The number of benzene rings is 1. The number of H-pyrrole nitrogens is 1. The largest absolute Gasteiger partial charge is 0.372 e. The molecule has 0 unspecified atom stereocenters. The highest BCUT2D eigenvalue weighted by molar-refractivity contribution is 5.91. The van der Waals surface area contributed by atoms with E-state index in [1.54, 1.807) is 0 Å². The number of amides is 1. The Bertz CT molecular complexity index is 512. The molecule has 2 aromatic rings. The van der Waals surface area contributed by atoms with E-state index in [9.17, 15) is 4.79 Å². The molecule has 0 saturated carbocycles. The molecule has 0 fully saturated rings. The van der Waals surface area contributed by atoms with Gasteiger partial charge in [0.15, 0.2) is 5.69 Å². The molecule has 1 heterocycles. The summed E-state index contributed by atoms with van der Waals surface area (Å²) in [6, 6.07) is 10.3. The zero-order valence-corrected chi connectivity index (χ0v) is 11.5. The van der Waals surface area contributed by atoms with Crippen molar-refractivity contribution in [3.05, 3.63) is 42.2 Å². The molecule has 20 heavy (non-hydrogen) atoms. The van der Waals surface area contributed by atoms with Crippen LogP contribution >= 0.6 is 0 Å². The number of nitrogens with one attached hydrogen (secondary N) is 2. The molecule has 106 valence electrons. The lowest BCUT2D eigenvalue weighted by atomic mass is 10.2. The molecular weight excluding hydrogens is 254 g/mol. The van der Waals surface area contributed by atoms with Crippen LogP contribution in [-0.4, -0.2) is 41.0 Å². The molecule has 0 radical (unpaired) electrons. The van der Waals surface area contributed by atoms with E-state index in [4.69, 9.17) is 0 Å². The van der Waals surface area contributed by atoms with Crippen LogP contribution in [-0.2, 0) is 0 Å². The topological polar surface area (TPSA) is 73.9 Å². The van der Waals surface area contributed by atoms with Gasteiger partial charge in [-0.2, -0.15) is 15.4 Å². The van der Waals surface area contributed by atoms with Crippen LogP contribution < -0.4 is 10.2 Å². The van der Waals surface area contributed by atoms with E-state index in [2.05, 4.69) is 44.7 Å². The zero-order chi connectivity index (χ0) is 14.2. The van der Waals surface area contributed by atoms with Crippen LogP contribution in [0.2, 0.25) is 0 Å². The van der Waals surface area contributed by atoms with Crippen LogP contribution in [0.4, 0.5) is 5.69 Å². The van der Waals surface area contributed by atoms with Gasteiger partial charge in [0.1, 0.15) is 0 Å². The molecule has 0 aliphatic carbocycles. The van der Waals surface area contributed by atoms with Crippen LogP contribution in [0.1, 0.15) is 23.8 Å². The van der Waals surface area contributed by atoms with Crippen molar-refractivity contribution < 1.29 is 4.79 Å². The normalized spacial score (nSPS) is 10.2. The zero-order valence-electron chi connectivity index (χ0n) is 11.5. The summed E-state index contributed by atoms with van der Waals surface area (Å²) in [5.74, 6) is -0.193. The van der Waals surface area contributed by atoms with Crippen molar-refractivity contribution in [1.82, 2.24) is 20.7 Å². The van der Waals surface area contributed by atoms with Crippen LogP contribution in [0.5, 0.6) is 0 Å². The third kappa shape index (κ3) is 3.81. The molecule has 1 aromatic heterocycles. The first-order chi connectivity index (χ1) is 9.81. The Morgan fingerprint density at radius 1 is 1.35 bits per heavy atom. The second-order valence-corrected chi connectivity index (χ2v) is 4.38. The van der Waals surface area contributed by atoms with E-state index in [-0.39, 0.29) is 5.91 Å². The molecule has 2 rings (SSSR count). The van der Waals surface area contributed by atoms with E-state index < -0.39 is 0 Å². The third-order valence-corrected chi connectivity index (χ3v) is 3.04. The van der Waals surface area contributed by atoms with E-state index in [0.717, 1.165) is 19.5 Å². The molecule has 0 atom stereocenters. The summed E-state index contributed by atoms with van der Waals surface area (Å²) in [5, 5.41) is 12.6. The lowest BCUT2D eigenvalue weighted by Gasteiger charge is -2.23. The Balaban J connectivity index is 1.73. The smallest absolute Gasteiger partial charge is 0.273 e. The molecule has 6 nitrogen and oxygen atoms in total. The fourth-order valence-corrected chi connectivity index (χ4v) is 1.98. The molecule has 0 aliphatic heterocycles. The molecule has 0 spiro atoms. The van der Waals surface area contributed by atoms with Crippen LogP contribution in [0, 0.1) is 0 Å². The summed E-state index contributed by atoms with van der Waals surface area (Å²) in [7, 11) is 0. The van der Waals surface area contributed by atoms with Gasteiger partial charge in [-0.15, -0.1) is 0 Å². The van der Waals surface area contributed by atoms with Gasteiger partial charge in [0.25, 0.3) is 5.91 Å². The highest BCUT2D eigenvalue weighted by Crippen LogP contribution is 2.12. The average Bonchev–Trinajstić information content (AvgIpc) is 3.02. The summed E-state index contributed by atoms with van der Waals surface area (Å²) in [6.07, 6.45) is 2.30. The molecule has 2 N–H and O–H groups in total. The monoisotopic (exact) mass is 273 g/mol. The van der Waals surface area contributed by atoms with Crippen molar-refractivity contribution in [3.63, 3.8) is 0 Å². The second-order valence-electron chi connectivity index (χ2n) is 4.38. The Kier molecular flexibility index (Phi) is 5.11. The Labute approximate surface area is 118 Å². The van der Waals surface area contributed by atoms with Crippen molar-refractivity contribution in [3.8, 4) is 0 Å². The number of carbonyl (C=O) groups excluding carboxylic acids is 1. The van der Waals surface area contributed by atoms with Crippen molar-refractivity contribution in [1.29, 1.82) is 0 Å². The van der Waals surface area contributed by atoms with E-state index in [0.29, 0.717) is 12.2 Å². The van der Waals surface area contributed by atoms with Crippen LogP contribution in [0.25, 0.3) is 0 Å². The van der Waals surface area contributed by atoms with Crippen molar-refractivity contribution >= 4 is 11.6 Å². The van der Waals surface area contributed by atoms with Gasteiger partial charge in [0.2, 0.25) is 0 Å². The molecule has 0 bridgehead atoms. The Morgan fingerprint density at radius 2 is 2.15 bits per heavy atom. The average molecular weight is 273 g/mol. The molecular formula is C14H19N5O. The number of hydrogen-bond donors (Lipinski definition) is 2. The number of anilines is 1. The minimum Gasteiger partial charge on any atom is -0.372 e. The maximum Gasteiger partial charge on any atom is 0.273 e. The fourth-order valence-electron chi connectivity index (χ4n) is 1.98. The summed E-state index contributed by atoms with van der Waals surface area (Å²) < 4.78 is 0. The predicted molar refractivity (Wildman–Crippen MR) is 77.7 cm³/mol. The first kappa shape index (κ1) is 14.0. The third-order valence-electron chi connectivity index (χ3n) is 3.04. The summed E-state index contributed by atoms with van der Waals surface area (Å²) in [6.45, 7) is 4.59. The fraction of sp³-hybridized carbons (Fsp3) is 0.357. The number of nitrogens with zero attached hydrogens (tertiary/aromatic N) is 3. The van der Waals surface area contributed by atoms with Gasteiger partial charge >= 0.3 is 0 Å². The molecule has 6 heteroatoms. The molecule has 1 aromatic carbocycles. The van der Waals surface area contributed by atoms with Gasteiger partial charge in [0.05, 0.1) is 6.20 Å². The van der Waals surface area contributed by atoms with Gasteiger partial charge in [-0.1, -0.05) is 18.2 Å². The molecule has 1 amide bonds. The van der Waals surface area contributed by atoms with Gasteiger partial charge < -0.3 is 10.2 Å². The first-order valence-electron chi connectivity index (χ1n) is 6.75. The number of hydrogen-bond acceptors (Lipinski definition) is 4. The quantitative estimate of drug-likeness (QED) is 0.749. The summed E-state index contributed by atoms with van der Waals surface area (Å²) in [5.41, 5.74) is 1.53. The number of carbonyl (C=O) groups is 1. The van der Waals surface area contributed by atoms with E-state index in [1.807, 2.05) is 18.2 Å². The number of aromatic amines is 1. The number of aromatic nitrogens is 3. The molecule has 0 aliphatic rings. The van der Waals surface area contributed by atoms with Gasteiger partial charge in [-0.05, 0) is 25.5 Å². The maximum absolute atomic E-state index is 11.6. The summed E-state index contributed by atoms with van der Waals surface area (Å²) >= 11 is 0. The lowest BCUT2D eigenvalue weighted by Crippen LogP contribution is -2.30. The Morgan fingerprint density at radius 3 is 2.80 bits per heavy atom. The minimum atomic E-state index is -0.193. The standard InChI is InChI=1S/C14H19N5O/c1-2-19(12-7-4-3-5-8-12)10-6-9-15-14(20)13-11-16-18-17-13/h3-5,7-8,11H,2,6,9-10H2,1H3,(H,15,20)(H,16,17,18). The highest BCUT2D eigenvalue weighted by atomic mass is 16.1. The first-order valence-corrected chi connectivity index (χ1v) is 6.75. The highest BCUT2D eigenvalue weighted by Gasteiger charge is 2.08. The lowest BCUT2D eigenvalue weighted by molar-refractivity contribution is 0.0948. The van der Waals surface area contributed by atoms with E-state index >= 15 is 0 Å². The van der Waals surface area contributed by atoms with E-state index in [1.165, 1.54) is 11.9 Å².